The summed E-state index contributed by atoms with van der Waals surface area (Å²) in [5.41, 5.74) is 6.86. The van der Waals surface area contributed by atoms with Gasteiger partial charge < -0.3 is 10.5 Å². The van der Waals surface area contributed by atoms with Crippen LogP contribution in [0.3, 0.4) is 0 Å². The average molecular weight is 150 g/mol. The summed E-state index contributed by atoms with van der Waals surface area (Å²) in [4.78, 5) is 3.71. The minimum Gasteiger partial charge on any atom is -0.497 e. The first kappa shape index (κ1) is 7.60. The zero-order chi connectivity index (χ0) is 8.27. The summed E-state index contributed by atoms with van der Waals surface area (Å²) in [7, 11) is 1.59. The van der Waals surface area contributed by atoms with Crippen molar-refractivity contribution in [3.05, 3.63) is 18.2 Å². The summed E-state index contributed by atoms with van der Waals surface area (Å²) < 4.78 is 4.95. The predicted molar refractivity (Wildman–Crippen MR) is 46.6 cm³/mol. The fourth-order valence-corrected chi connectivity index (χ4v) is 0.804. The van der Waals surface area contributed by atoms with Gasteiger partial charge in [0, 0.05) is 6.07 Å². The molecule has 11 heavy (non-hydrogen) atoms. The molecule has 0 aliphatic rings. The van der Waals surface area contributed by atoms with Crippen LogP contribution in [0, 0.1) is 0 Å². The Bertz CT molecular complexity index is 271. The van der Waals surface area contributed by atoms with Gasteiger partial charge in [0.1, 0.15) is 5.75 Å². The first-order valence-electron chi connectivity index (χ1n) is 3.18. The first-order chi connectivity index (χ1) is 5.27. The maximum atomic E-state index is 5.59. The van der Waals surface area contributed by atoms with Crippen LogP contribution in [0.2, 0.25) is 0 Å². The molecule has 0 atom stereocenters. The van der Waals surface area contributed by atoms with Crippen LogP contribution in [0.5, 0.6) is 5.75 Å². The van der Waals surface area contributed by atoms with E-state index in [1.54, 1.807) is 25.3 Å². The van der Waals surface area contributed by atoms with Gasteiger partial charge in [0.15, 0.2) is 0 Å². The molecule has 58 valence electrons. The number of nitrogen functional groups attached to an aromatic ring is 1. The average Bonchev–Trinajstić information content (AvgIpc) is 2.04. The molecule has 0 spiro atoms. The number of anilines is 1. The molecule has 0 heterocycles. The molecule has 3 heteroatoms. The lowest BCUT2D eigenvalue weighted by atomic mass is 10.2. The van der Waals surface area contributed by atoms with E-state index in [1.807, 2.05) is 0 Å². The molecule has 0 unspecified atom stereocenters. The van der Waals surface area contributed by atoms with Gasteiger partial charge in [-0.25, -0.2) is 0 Å². The molecule has 0 amide bonds. The summed E-state index contributed by atoms with van der Waals surface area (Å²) in [6, 6.07) is 5.27. The number of nitrogens with two attached hydrogens (primary N) is 1. The van der Waals surface area contributed by atoms with Gasteiger partial charge in [-0.3, -0.25) is 4.99 Å². The van der Waals surface area contributed by atoms with Crippen LogP contribution < -0.4 is 10.5 Å². The third-order valence-corrected chi connectivity index (χ3v) is 1.41. The maximum absolute atomic E-state index is 5.59. The highest BCUT2D eigenvalue weighted by molar-refractivity contribution is 5.66. The zero-order valence-corrected chi connectivity index (χ0v) is 6.37. The Kier molecular flexibility index (Phi) is 2.11. The van der Waals surface area contributed by atoms with Gasteiger partial charge in [-0.05, 0) is 18.9 Å². The van der Waals surface area contributed by atoms with Crippen molar-refractivity contribution in [2.75, 3.05) is 12.8 Å². The quantitative estimate of drug-likeness (QED) is 0.514. The second kappa shape index (κ2) is 3.05. The third kappa shape index (κ3) is 1.49. The molecular weight excluding hydrogens is 140 g/mol. The van der Waals surface area contributed by atoms with Gasteiger partial charge in [0.05, 0.1) is 18.5 Å². The van der Waals surface area contributed by atoms with Crippen molar-refractivity contribution in [3.8, 4) is 5.75 Å². The van der Waals surface area contributed by atoms with Crippen molar-refractivity contribution in [2.24, 2.45) is 4.99 Å². The fraction of sp³-hybridized carbons (Fsp3) is 0.125. The van der Waals surface area contributed by atoms with E-state index in [0.29, 0.717) is 11.4 Å². The smallest absolute Gasteiger partial charge is 0.121 e. The molecule has 0 aromatic heterocycles. The van der Waals surface area contributed by atoms with Crippen molar-refractivity contribution in [2.45, 2.75) is 0 Å². The molecular formula is C8H10N2O. The number of hydrogen-bond acceptors (Lipinski definition) is 3. The Balaban J connectivity index is 3.09. The maximum Gasteiger partial charge on any atom is 0.121 e. The van der Waals surface area contributed by atoms with E-state index in [1.165, 1.54) is 0 Å². The molecule has 1 aromatic carbocycles. The van der Waals surface area contributed by atoms with Gasteiger partial charge in [-0.2, -0.15) is 0 Å². The van der Waals surface area contributed by atoms with Crippen molar-refractivity contribution in [1.29, 1.82) is 0 Å². The number of hydrogen-bond donors (Lipinski definition) is 1. The highest BCUT2D eigenvalue weighted by atomic mass is 16.5. The van der Waals surface area contributed by atoms with E-state index in [-0.39, 0.29) is 0 Å². The standard InChI is InChI=1S/C8H10N2O/c1-10-8-4-3-6(11-2)5-7(8)9/h3-5H,1,9H2,2H3. The van der Waals surface area contributed by atoms with Gasteiger partial charge >= 0.3 is 0 Å². The molecule has 0 saturated heterocycles. The number of nitrogens with zero attached hydrogens (tertiary/aromatic N) is 1. The monoisotopic (exact) mass is 150 g/mol. The van der Waals surface area contributed by atoms with Crippen molar-refractivity contribution < 1.29 is 4.74 Å². The van der Waals surface area contributed by atoms with Gasteiger partial charge in [0.25, 0.3) is 0 Å². The van der Waals surface area contributed by atoms with E-state index in [4.69, 9.17) is 10.5 Å². The van der Waals surface area contributed by atoms with Crippen LogP contribution in [-0.2, 0) is 0 Å². The topological polar surface area (TPSA) is 47.6 Å². The number of benzene rings is 1. The Morgan fingerprint density at radius 2 is 2.27 bits per heavy atom. The van der Waals surface area contributed by atoms with E-state index in [2.05, 4.69) is 11.7 Å². The van der Waals surface area contributed by atoms with Crippen molar-refractivity contribution >= 4 is 18.1 Å². The summed E-state index contributed by atoms with van der Waals surface area (Å²) in [6.07, 6.45) is 0. The highest BCUT2D eigenvalue weighted by Gasteiger charge is 1.96. The third-order valence-electron chi connectivity index (χ3n) is 1.41. The molecule has 1 aromatic rings. The number of aliphatic imine (C=N–C) groups is 1. The van der Waals surface area contributed by atoms with Crippen LogP contribution in [-0.4, -0.2) is 13.8 Å². The lowest BCUT2D eigenvalue weighted by Gasteiger charge is -2.02. The van der Waals surface area contributed by atoms with E-state index >= 15 is 0 Å². The van der Waals surface area contributed by atoms with Crippen LogP contribution >= 0.6 is 0 Å². The second-order valence-electron chi connectivity index (χ2n) is 2.08. The minimum absolute atomic E-state index is 0.583. The molecule has 3 nitrogen and oxygen atoms in total. The lowest BCUT2D eigenvalue weighted by molar-refractivity contribution is 0.415. The van der Waals surface area contributed by atoms with Gasteiger partial charge in [0.2, 0.25) is 0 Å². The van der Waals surface area contributed by atoms with Gasteiger partial charge in [-0.15, -0.1) is 0 Å². The molecule has 0 bridgehead atoms. The molecule has 2 N–H and O–H groups in total. The largest absolute Gasteiger partial charge is 0.497 e. The summed E-state index contributed by atoms with van der Waals surface area (Å²) in [5, 5.41) is 0. The number of rotatable bonds is 2. The molecule has 0 radical (unpaired) electrons. The molecule has 0 fully saturated rings. The highest BCUT2D eigenvalue weighted by Crippen LogP contribution is 2.25. The molecule has 1 rings (SSSR count). The van der Waals surface area contributed by atoms with E-state index in [9.17, 15) is 0 Å². The Morgan fingerprint density at radius 3 is 2.73 bits per heavy atom. The Hall–Kier alpha value is -1.51. The van der Waals surface area contributed by atoms with Crippen LogP contribution in [0.1, 0.15) is 0 Å². The normalized spacial score (nSPS) is 9.18. The van der Waals surface area contributed by atoms with Crippen molar-refractivity contribution in [1.82, 2.24) is 0 Å². The predicted octanol–water partition coefficient (Wildman–Crippen LogP) is 1.61. The van der Waals surface area contributed by atoms with E-state index in [0.717, 1.165) is 5.75 Å². The van der Waals surface area contributed by atoms with E-state index < -0.39 is 0 Å². The Labute approximate surface area is 65.5 Å². The summed E-state index contributed by atoms with van der Waals surface area (Å²) >= 11 is 0. The van der Waals surface area contributed by atoms with Crippen LogP contribution in [0.15, 0.2) is 23.2 Å². The van der Waals surface area contributed by atoms with Gasteiger partial charge in [-0.1, -0.05) is 0 Å². The summed E-state index contributed by atoms with van der Waals surface area (Å²) in [5.74, 6) is 0.731. The summed E-state index contributed by atoms with van der Waals surface area (Å²) in [6.45, 7) is 3.38. The fourth-order valence-electron chi connectivity index (χ4n) is 0.804. The molecule has 0 aliphatic heterocycles. The lowest BCUT2D eigenvalue weighted by Crippen LogP contribution is -1.87. The molecule has 0 saturated carbocycles. The Morgan fingerprint density at radius 1 is 1.55 bits per heavy atom. The minimum atomic E-state index is 0.583. The second-order valence-corrected chi connectivity index (χ2v) is 2.08. The first-order valence-corrected chi connectivity index (χ1v) is 3.18. The van der Waals surface area contributed by atoms with Crippen LogP contribution in [0.4, 0.5) is 11.4 Å². The number of ether oxygens (including phenoxy) is 1. The van der Waals surface area contributed by atoms with Crippen LogP contribution in [0.25, 0.3) is 0 Å². The molecule has 0 aliphatic carbocycles. The number of methoxy groups -OCH3 is 1. The SMILES string of the molecule is C=Nc1ccc(OC)cc1N. The zero-order valence-electron chi connectivity index (χ0n) is 6.37. The van der Waals surface area contributed by atoms with Crippen molar-refractivity contribution in [3.63, 3.8) is 0 Å².